The predicted octanol–water partition coefficient (Wildman–Crippen LogP) is -1.37. The average molecular weight is 257 g/mol. The number of amides is 1. The van der Waals surface area contributed by atoms with Crippen LogP contribution in [0.5, 0.6) is 0 Å². The highest BCUT2D eigenvalue weighted by Crippen LogP contribution is 2.19. The van der Waals surface area contributed by atoms with Crippen molar-refractivity contribution in [3.8, 4) is 0 Å². The zero-order chi connectivity index (χ0) is 13.0. The fourth-order valence-electron chi connectivity index (χ4n) is 2.79. The molecule has 1 unspecified atom stereocenters. The molecule has 0 spiro atoms. The molecule has 104 valence electrons. The molecule has 2 heterocycles. The molecule has 0 radical (unpaired) electrons. The molecule has 1 atom stereocenters. The fourth-order valence-corrected chi connectivity index (χ4v) is 2.79. The number of rotatable bonds is 3. The van der Waals surface area contributed by atoms with E-state index in [2.05, 4.69) is 4.90 Å². The minimum atomic E-state index is -0.0533. The maximum atomic E-state index is 11.5. The van der Waals surface area contributed by atoms with Crippen molar-refractivity contribution in [3.63, 3.8) is 0 Å². The van der Waals surface area contributed by atoms with Gasteiger partial charge in [0.2, 0.25) is 5.91 Å². The van der Waals surface area contributed by atoms with Gasteiger partial charge in [0.05, 0.1) is 25.9 Å². The Balaban J connectivity index is 1.80. The number of nitrogens with zero attached hydrogens (tertiary/aromatic N) is 2. The lowest BCUT2D eigenvalue weighted by Crippen LogP contribution is -2.53. The smallest absolute Gasteiger partial charge is 0.236 e. The molecule has 0 aliphatic carbocycles. The molecule has 1 amide bonds. The summed E-state index contributed by atoms with van der Waals surface area (Å²) in [6.07, 6.45) is 1.93. The van der Waals surface area contributed by atoms with Crippen LogP contribution in [0.15, 0.2) is 0 Å². The summed E-state index contributed by atoms with van der Waals surface area (Å²) in [5, 5.41) is 9.14. The third kappa shape index (κ3) is 3.20. The Kier molecular flexibility index (Phi) is 4.94. The predicted molar refractivity (Wildman–Crippen MR) is 67.1 cm³/mol. The van der Waals surface area contributed by atoms with Gasteiger partial charge < -0.3 is 20.5 Å². The van der Waals surface area contributed by atoms with Crippen molar-refractivity contribution in [2.24, 2.45) is 5.73 Å². The number of hydrogen-bond acceptors (Lipinski definition) is 5. The van der Waals surface area contributed by atoms with E-state index < -0.39 is 0 Å². The molecule has 2 saturated heterocycles. The molecule has 6 heteroatoms. The second-order valence-corrected chi connectivity index (χ2v) is 4.99. The van der Waals surface area contributed by atoms with Gasteiger partial charge >= 0.3 is 0 Å². The zero-order valence-electron chi connectivity index (χ0n) is 10.8. The molecular formula is C12H23N3O3. The molecule has 0 aromatic carbocycles. The van der Waals surface area contributed by atoms with E-state index >= 15 is 0 Å². The van der Waals surface area contributed by atoms with Crippen molar-refractivity contribution >= 4 is 5.91 Å². The minimum Gasteiger partial charge on any atom is -0.394 e. The Morgan fingerprint density at radius 2 is 2.06 bits per heavy atom. The van der Waals surface area contributed by atoms with Crippen LogP contribution in [0, 0.1) is 0 Å². The van der Waals surface area contributed by atoms with Crippen LogP contribution in [-0.4, -0.2) is 78.9 Å². The third-order valence-electron chi connectivity index (χ3n) is 3.88. The number of carbonyl (C=O) groups is 1. The average Bonchev–Trinajstić information content (AvgIpc) is 2.46. The van der Waals surface area contributed by atoms with E-state index in [4.69, 9.17) is 15.6 Å². The summed E-state index contributed by atoms with van der Waals surface area (Å²) in [4.78, 5) is 15.7. The summed E-state index contributed by atoms with van der Waals surface area (Å²) in [5.74, 6) is 0.0451. The van der Waals surface area contributed by atoms with E-state index in [1.165, 1.54) is 0 Å². The van der Waals surface area contributed by atoms with Crippen LogP contribution in [-0.2, 0) is 9.53 Å². The van der Waals surface area contributed by atoms with Crippen LogP contribution in [0.25, 0.3) is 0 Å². The number of ether oxygens (including phenoxy) is 1. The Hall–Kier alpha value is -0.690. The van der Waals surface area contributed by atoms with Crippen LogP contribution in [0.4, 0.5) is 0 Å². The first-order valence-electron chi connectivity index (χ1n) is 6.69. The number of carbonyl (C=O) groups excluding carboxylic acids is 1. The van der Waals surface area contributed by atoms with Crippen molar-refractivity contribution in [2.75, 3.05) is 45.9 Å². The highest BCUT2D eigenvalue weighted by molar-refractivity contribution is 5.78. The lowest BCUT2D eigenvalue weighted by atomic mass is 10.0. The van der Waals surface area contributed by atoms with E-state index in [1.54, 1.807) is 0 Å². The van der Waals surface area contributed by atoms with Gasteiger partial charge in [0.25, 0.3) is 0 Å². The fraction of sp³-hybridized carbons (Fsp3) is 0.917. The van der Waals surface area contributed by atoms with Crippen molar-refractivity contribution in [1.82, 2.24) is 9.80 Å². The molecule has 0 bridgehead atoms. The van der Waals surface area contributed by atoms with E-state index in [9.17, 15) is 4.79 Å². The van der Waals surface area contributed by atoms with Crippen molar-refractivity contribution < 1.29 is 14.6 Å². The van der Waals surface area contributed by atoms with Gasteiger partial charge in [0.1, 0.15) is 0 Å². The van der Waals surface area contributed by atoms with Crippen LogP contribution < -0.4 is 5.73 Å². The Bertz CT molecular complexity index is 280. The number of nitrogens with two attached hydrogens (primary N) is 1. The van der Waals surface area contributed by atoms with Crippen LogP contribution in [0.1, 0.15) is 12.8 Å². The van der Waals surface area contributed by atoms with Gasteiger partial charge in [-0.15, -0.1) is 0 Å². The summed E-state index contributed by atoms with van der Waals surface area (Å²) in [7, 11) is 0. The van der Waals surface area contributed by atoms with Crippen LogP contribution >= 0.6 is 0 Å². The third-order valence-corrected chi connectivity index (χ3v) is 3.88. The number of morpholine rings is 1. The molecule has 2 aliphatic rings. The van der Waals surface area contributed by atoms with Gasteiger partial charge in [-0.2, -0.15) is 0 Å². The molecule has 2 fully saturated rings. The highest BCUT2D eigenvalue weighted by Gasteiger charge is 2.29. The first-order valence-corrected chi connectivity index (χ1v) is 6.69. The molecule has 3 N–H and O–H groups in total. The lowest BCUT2D eigenvalue weighted by molar-refractivity contribution is -0.132. The van der Waals surface area contributed by atoms with E-state index in [1.807, 2.05) is 4.90 Å². The number of aliphatic hydroxyl groups is 1. The van der Waals surface area contributed by atoms with Crippen LogP contribution in [0.3, 0.4) is 0 Å². The standard InChI is InChI=1S/C12H23N3O3/c13-7-12(17)14-3-1-10(2-4-14)15-5-6-18-11(8-15)9-16/h10-11,16H,1-9,13H2. The second-order valence-electron chi connectivity index (χ2n) is 4.99. The Morgan fingerprint density at radius 3 is 2.67 bits per heavy atom. The number of piperidine rings is 1. The van der Waals surface area contributed by atoms with E-state index in [-0.39, 0.29) is 25.2 Å². The molecule has 0 aromatic heterocycles. The molecule has 18 heavy (non-hydrogen) atoms. The minimum absolute atomic E-state index is 0.0451. The van der Waals surface area contributed by atoms with Crippen LogP contribution in [0.2, 0.25) is 0 Å². The SMILES string of the molecule is NCC(=O)N1CCC(N2CCOC(CO)C2)CC1. The summed E-state index contributed by atoms with van der Waals surface area (Å²) in [6, 6.07) is 0.504. The van der Waals surface area contributed by atoms with Gasteiger partial charge in [-0.25, -0.2) is 0 Å². The first kappa shape index (κ1) is 13.7. The highest BCUT2D eigenvalue weighted by atomic mass is 16.5. The van der Waals surface area contributed by atoms with Gasteiger partial charge in [-0.1, -0.05) is 0 Å². The van der Waals surface area contributed by atoms with Gasteiger partial charge in [-0.05, 0) is 12.8 Å². The topological polar surface area (TPSA) is 79.0 Å². The number of hydrogen-bond donors (Lipinski definition) is 2. The van der Waals surface area contributed by atoms with Gasteiger partial charge in [0.15, 0.2) is 0 Å². The molecule has 2 aliphatic heterocycles. The monoisotopic (exact) mass is 257 g/mol. The van der Waals surface area contributed by atoms with Crippen molar-refractivity contribution in [1.29, 1.82) is 0 Å². The van der Waals surface area contributed by atoms with E-state index in [0.717, 1.165) is 39.0 Å². The van der Waals surface area contributed by atoms with E-state index in [0.29, 0.717) is 12.6 Å². The summed E-state index contributed by atoms with van der Waals surface area (Å²) in [6.45, 7) is 4.19. The van der Waals surface area contributed by atoms with Crippen molar-refractivity contribution in [2.45, 2.75) is 25.0 Å². The normalized spacial score (nSPS) is 27.4. The molecule has 0 aromatic rings. The molecule has 6 nitrogen and oxygen atoms in total. The van der Waals surface area contributed by atoms with Crippen molar-refractivity contribution in [3.05, 3.63) is 0 Å². The molecule has 0 saturated carbocycles. The quantitative estimate of drug-likeness (QED) is 0.652. The lowest BCUT2D eigenvalue weighted by Gasteiger charge is -2.41. The summed E-state index contributed by atoms with van der Waals surface area (Å²) in [5.41, 5.74) is 5.37. The first-order chi connectivity index (χ1) is 8.74. The summed E-state index contributed by atoms with van der Waals surface area (Å²) >= 11 is 0. The second kappa shape index (κ2) is 6.47. The van der Waals surface area contributed by atoms with Gasteiger partial charge in [0, 0.05) is 32.2 Å². The number of aliphatic hydroxyl groups excluding tert-OH is 1. The Labute approximate surface area is 108 Å². The molecule has 2 rings (SSSR count). The maximum absolute atomic E-state index is 11.5. The summed E-state index contributed by atoms with van der Waals surface area (Å²) < 4.78 is 5.45. The zero-order valence-corrected chi connectivity index (χ0v) is 10.8. The Morgan fingerprint density at radius 1 is 1.33 bits per heavy atom. The number of likely N-dealkylation sites (tertiary alicyclic amines) is 1. The maximum Gasteiger partial charge on any atom is 0.236 e. The largest absolute Gasteiger partial charge is 0.394 e. The molecular weight excluding hydrogens is 234 g/mol. The van der Waals surface area contributed by atoms with Gasteiger partial charge in [-0.3, -0.25) is 9.69 Å².